The van der Waals surface area contributed by atoms with Gasteiger partial charge in [0.05, 0.1) is 12.1 Å². The van der Waals surface area contributed by atoms with E-state index in [-0.39, 0.29) is 24.8 Å². The summed E-state index contributed by atoms with van der Waals surface area (Å²) in [7, 11) is 0. The molecule has 1 heterocycles. The lowest BCUT2D eigenvalue weighted by Crippen LogP contribution is -2.46. The molecular weight excluding hydrogens is 290 g/mol. The summed E-state index contributed by atoms with van der Waals surface area (Å²) < 4.78 is 5.49. The number of amides is 1. The van der Waals surface area contributed by atoms with Crippen LogP contribution in [0.3, 0.4) is 0 Å². The Kier molecular flexibility index (Phi) is 6.66. The van der Waals surface area contributed by atoms with E-state index in [4.69, 9.17) is 4.74 Å². The molecule has 2 rings (SSSR count). The molecule has 1 saturated heterocycles. The van der Waals surface area contributed by atoms with E-state index in [0.29, 0.717) is 6.42 Å². The van der Waals surface area contributed by atoms with Gasteiger partial charge in [-0.1, -0.05) is 49.8 Å². The number of benzene rings is 1. The van der Waals surface area contributed by atoms with E-state index in [1.165, 1.54) is 0 Å². The SMILES string of the molecule is C=CC[C@H]1CC[C@@H]([C@H](O)CCC)N1C(=O)OCc1ccccc1. The van der Waals surface area contributed by atoms with Gasteiger partial charge in [0.2, 0.25) is 0 Å². The zero-order valence-electron chi connectivity index (χ0n) is 13.9. The summed E-state index contributed by atoms with van der Waals surface area (Å²) in [5, 5.41) is 10.4. The second-order valence-electron chi connectivity index (χ2n) is 6.13. The molecule has 1 fully saturated rings. The van der Waals surface area contributed by atoms with Gasteiger partial charge in [0.1, 0.15) is 6.61 Å². The van der Waals surface area contributed by atoms with Crippen LogP contribution in [0.25, 0.3) is 0 Å². The number of hydrogen-bond acceptors (Lipinski definition) is 3. The van der Waals surface area contributed by atoms with Gasteiger partial charge >= 0.3 is 6.09 Å². The zero-order chi connectivity index (χ0) is 16.7. The molecule has 0 saturated carbocycles. The smallest absolute Gasteiger partial charge is 0.410 e. The van der Waals surface area contributed by atoms with Crippen LogP contribution < -0.4 is 0 Å². The average Bonchev–Trinajstić information content (AvgIpc) is 2.98. The van der Waals surface area contributed by atoms with Crippen LogP contribution in [0.5, 0.6) is 0 Å². The molecule has 1 N–H and O–H groups in total. The molecule has 0 aromatic heterocycles. The summed E-state index contributed by atoms with van der Waals surface area (Å²) in [5.74, 6) is 0. The number of aliphatic hydroxyl groups excluding tert-OH is 1. The minimum atomic E-state index is -0.487. The third kappa shape index (κ3) is 4.58. The Morgan fingerprint density at radius 2 is 2.17 bits per heavy atom. The number of likely N-dealkylation sites (tertiary alicyclic amines) is 1. The number of carbonyl (C=O) groups excluding carboxylic acids is 1. The van der Waals surface area contributed by atoms with Crippen molar-refractivity contribution in [2.75, 3.05) is 0 Å². The first-order valence-corrected chi connectivity index (χ1v) is 8.45. The molecule has 4 nitrogen and oxygen atoms in total. The van der Waals surface area contributed by atoms with Gasteiger partial charge in [-0.3, -0.25) is 4.90 Å². The van der Waals surface area contributed by atoms with Gasteiger partial charge in [-0.15, -0.1) is 6.58 Å². The first-order valence-electron chi connectivity index (χ1n) is 8.45. The number of ether oxygens (including phenoxy) is 1. The predicted molar refractivity (Wildman–Crippen MR) is 91.0 cm³/mol. The van der Waals surface area contributed by atoms with E-state index in [1.54, 1.807) is 4.90 Å². The van der Waals surface area contributed by atoms with E-state index in [2.05, 4.69) is 6.58 Å². The molecule has 1 aromatic carbocycles. The Hall–Kier alpha value is -1.81. The van der Waals surface area contributed by atoms with Crippen molar-refractivity contribution in [3.05, 3.63) is 48.6 Å². The minimum absolute atomic E-state index is 0.0762. The Labute approximate surface area is 138 Å². The molecule has 3 atom stereocenters. The van der Waals surface area contributed by atoms with Gasteiger partial charge < -0.3 is 9.84 Å². The van der Waals surface area contributed by atoms with Gasteiger partial charge in [-0.2, -0.15) is 0 Å². The highest BCUT2D eigenvalue weighted by atomic mass is 16.6. The van der Waals surface area contributed by atoms with Crippen LogP contribution in [0, 0.1) is 0 Å². The Balaban J connectivity index is 2.03. The van der Waals surface area contributed by atoms with Crippen molar-refractivity contribution >= 4 is 6.09 Å². The van der Waals surface area contributed by atoms with Crippen LogP contribution in [-0.2, 0) is 11.3 Å². The summed E-state index contributed by atoms with van der Waals surface area (Å²) in [6, 6.07) is 9.57. The highest BCUT2D eigenvalue weighted by Crippen LogP contribution is 2.31. The van der Waals surface area contributed by atoms with Crippen molar-refractivity contribution < 1.29 is 14.6 Å². The largest absolute Gasteiger partial charge is 0.445 e. The quantitative estimate of drug-likeness (QED) is 0.776. The average molecular weight is 317 g/mol. The third-order valence-electron chi connectivity index (χ3n) is 4.43. The summed E-state index contributed by atoms with van der Waals surface area (Å²) in [6.45, 7) is 6.07. The van der Waals surface area contributed by atoms with Crippen molar-refractivity contribution in [3.63, 3.8) is 0 Å². The maximum absolute atomic E-state index is 12.6. The zero-order valence-corrected chi connectivity index (χ0v) is 13.9. The standard InChI is InChI=1S/C19H27NO3/c1-3-8-16-12-13-17(18(21)9-4-2)20(16)19(22)23-14-15-10-6-5-7-11-15/h3,5-7,10-11,16-18,21H,1,4,8-9,12-14H2,2H3/t16-,17-,18+/m0/s1. The molecule has 1 amide bonds. The van der Waals surface area contributed by atoms with Gasteiger partial charge in [0.25, 0.3) is 0 Å². The number of aliphatic hydroxyl groups is 1. The molecule has 0 spiro atoms. The lowest BCUT2D eigenvalue weighted by atomic mass is 10.0. The third-order valence-corrected chi connectivity index (χ3v) is 4.43. The summed E-state index contributed by atoms with van der Waals surface area (Å²) in [4.78, 5) is 14.3. The number of nitrogens with zero attached hydrogens (tertiary/aromatic N) is 1. The summed E-state index contributed by atoms with van der Waals surface area (Å²) in [5.41, 5.74) is 0.964. The Bertz CT molecular complexity index is 503. The summed E-state index contributed by atoms with van der Waals surface area (Å²) in [6.07, 6.45) is 5.05. The van der Waals surface area contributed by atoms with E-state index in [1.807, 2.05) is 43.3 Å². The maximum atomic E-state index is 12.6. The molecular formula is C19H27NO3. The fourth-order valence-electron chi connectivity index (χ4n) is 3.28. The lowest BCUT2D eigenvalue weighted by Gasteiger charge is -2.32. The van der Waals surface area contributed by atoms with Crippen LogP contribution in [0.15, 0.2) is 43.0 Å². The van der Waals surface area contributed by atoms with E-state index >= 15 is 0 Å². The van der Waals surface area contributed by atoms with Crippen molar-refractivity contribution in [2.45, 2.75) is 63.8 Å². The number of rotatable bonds is 7. The Morgan fingerprint density at radius 1 is 1.43 bits per heavy atom. The van der Waals surface area contributed by atoms with Crippen molar-refractivity contribution in [3.8, 4) is 0 Å². The number of carbonyl (C=O) groups is 1. The van der Waals surface area contributed by atoms with E-state index in [0.717, 1.165) is 31.2 Å². The first-order chi connectivity index (χ1) is 11.2. The fraction of sp³-hybridized carbons (Fsp3) is 0.526. The molecule has 1 aliphatic heterocycles. The highest BCUT2D eigenvalue weighted by molar-refractivity contribution is 5.69. The van der Waals surface area contributed by atoms with Crippen LogP contribution in [0.4, 0.5) is 4.79 Å². The fourth-order valence-corrected chi connectivity index (χ4v) is 3.28. The predicted octanol–water partition coefficient (Wildman–Crippen LogP) is 3.89. The second-order valence-corrected chi connectivity index (χ2v) is 6.13. The van der Waals surface area contributed by atoms with Crippen molar-refractivity contribution in [1.82, 2.24) is 4.90 Å². The normalized spacial score (nSPS) is 21.9. The minimum Gasteiger partial charge on any atom is -0.445 e. The molecule has 1 aliphatic rings. The van der Waals surface area contributed by atoms with E-state index in [9.17, 15) is 9.90 Å². The first kappa shape index (κ1) is 17.5. The summed E-state index contributed by atoms with van der Waals surface area (Å²) >= 11 is 0. The van der Waals surface area contributed by atoms with E-state index < -0.39 is 6.10 Å². The van der Waals surface area contributed by atoms with Crippen LogP contribution in [-0.4, -0.2) is 34.3 Å². The van der Waals surface area contributed by atoms with Gasteiger partial charge in [0, 0.05) is 6.04 Å². The van der Waals surface area contributed by atoms with Crippen molar-refractivity contribution in [1.29, 1.82) is 0 Å². The Morgan fingerprint density at radius 3 is 2.83 bits per heavy atom. The highest BCUT2D eigenvalue weighted by Gasteiger charge is 2.40. The molecule has 0 unspecified atom stereocenters. The van der Waals surface area contributed by atoms with Gasteiger partial charge in [-0.25, -0.2) is 4.79 Å². The van der Waals surface area contributed by atoms with Crippen LogP contribution >= 0.6 is 0 Å². The topological polar surface area (TPSA) is 49.8 Å². The molecule has 1 aromatic rings. The molecule has 0 bridgehead atoms. The van der Waals surface area contributed by atoms with Gasteiger partial charge in [-0.05, 0) is 31.2 Å². The second kappa shape index (κ2) is 8.73. The maximum Gasteiger partial charge on any atom is 0.410 e. The monoisotopic (exact) mass is 317 g/mol. The van der Waals surface area contributed by atoms with Crippen LogP contribution in [0.2, 0.25) is 0 Å². The van der Waals surface area contributed by atoms with Gasteiger partial charge in [0.15, 0.2) is 0 Å². The molecule has 0 radical (unpaired) electrons. The molecule has 23 heavy (non-hydrogen) atoms. The van der Waals surface area contributed by atoms with Crippen LogP contribution in [0.1, 0.15) is 44.6 Å². The molecule has 126 valence electrons. The van der Waals surface area contributed by atoms with Crippen molar-refractivity contribution in [2.24, 2.45) is 0 Å². The number of hydrogen-bond donors (Lipinski definition) is 1. The molecule has 4 heteroatoms. The lowest BCUT2D eigenvalue weighted by molar-refractivity contribution is 0.0321. The molecule has 0 aliphatic carbocycles.